The maximum atomic E-state index is 6.08. The molecule has 0 unspecified atom stereocenters. The molecule has 0 atom stereocenters. The summed E-state index contributed by atoms with van der Waals surface area (Å²) in [7, 11) is -0.894. The lowest BCUT2D eigenvalue weighted by molar-refractivity contribution is 0.0288. The molecule has 2 heterocycles. The molecule has 0 radical (unpaired) electrons. The van der Waals surface area contributed by atoms with Crippen molar-refractivity contribution in [2.75, 3.05) is 19.8 Å². The van der Waals surface area contributed by atoms with Crippen molar-refractivity contribution in [2.24, 2.45) is 5.41 Å². The number of nitrogens with zero attached hydrogens (tertiary/aromatic N) is 1. The van der Waals surface area contributed by atoms with E-state index < -0.39 is 8.53 Å². The van der Waals surface area contributed by atoms with Crippen LogP contribution >= 0.6 is 8.53 Å². The molecule has 0 aromatic rings. The van der Waals surface area contributed by atoms with Gasteiger partial charge in [0.25, 0.3) is 8.53 Å². The van der Waals surface area contributed by atoms with Gasteiger partial charge in [0.2, 0.25) is 0 Å². The zero-order valence-corrected chi connectivity index (χ0v) is 15.7. The predicted octanol–water partition coefficient (Wildman–Crippen LogP) is 3.92. The first-order valence-electron chi connectivity index (χ1n) is 8.15. The average molecular weight is 316 g/mol. The molecule has 0 aliphatic carbocycles. The normalized spacial score (nSPS) is 29.7. The molecule has 0 saturated carbocycles. The van der Waals surface area contributed by atoms with Crippen LogP contribution in [0.25, 0.3) is 0 Å². The van der Waals surface area contributed by atoms with Gasteiger partial charge in [-0.25, -0.2) is 4.67 Å². The molecule has 2 aliphatic heterocycles. The van der Waals surface area contributed by atoms with Gasteiger partial charge in [0.05, 0.1) is 13.2 Å². The number of hydrogen-bond donors (Lipinski definition) is 1. The first-order valence-corrected chi connectivity index (χ1v) is 9.29. The molecule has 21 heavy (non-hydrogen) atoms. The molecule has 0 aromatic carbocycles. The van der Waals surface area contributed by atoms with Crippen LogP contribution in [0.2, 0.25) is 0 Å². The van der Waals surface area contributed by atoms with Crippen molar-refractivity contribution in [1.29, 1.82) is 0 Å². The molecule has 0 bridgehead atoms. The van der Waals surface area contributed by atoms with Crippen LogP contribution in [0.15, 0.2) is 0 Å². The van der Waals surface area contributed by atoms with Crippen molar-refractivity contribution in [3.05, 3.63) is 0 Å². The van der Waals surface area contributed by atoms with Crippen LogP contribution in [0.3, 0.4) is 0 Å². The number of rotatable bonds is 3. The van der Waals surface area contributed by atoms with Crippen LogP contribution in [0.1, 0.15) is 61.3 Å². The third kappa shape index (κ3) is 4.62. The Morgan fingerprint density at radius 3 is 1.90 bits per heavy atom. The molecule has 5 heteroatoms. The topological polar surface area (TPSA) is 33.7 Å². The zero-order valence-electron chi connectivity index (χ0n) is 14.8. The molecule has 2 fully saturated rings. The van der Waals surface area contributed by atoms with Crippen molar-refractivity contribution < 1.29 is 9.05 Å². The Kier molecular flexibility index (Phi) is 5.08. The lowest BCUT2D eigenvalue weighted by Crippen LogP contribution is -2.61. The first-order chi connectivity index (χ1) is 9.54. The van der Waals surface area contributed by atoms with Gasteiger partial charge >= 0.3 is 0 Å². The zero-order chi connectivity index (χ0) is 15.9. The molecule has 1 N–H and O–H groups in total. The van der Waals surface area contributed by atoms with Gasteiger partial charge in [0.15, 0.2) is 0 Å². The van der Waals surface area contributed by atoms with E-state index in [1.54, 1.807) is 0 Å². The summed E-state index contributed by atoms with van der Waals surface area (Å²) >= 11 is 0. The highest BCUT2D eigenvalue weighted by atomic mass is 31.2. The summed E-state index contributed by atoms with van der Waals surface area (Å²) in [4.78, 5) is 0. The summed E-state index contributed by atoms with van der Waals surface area (Å²) in [5.74, 6) is 0. The molecule has 2 rings (SSSR count). The van der Waals surface area contributed by atoms with Gasteiger partial charge in [-0.15, -0.1) is 0 Å². The third-order valence-electron chi connectivity index (χ3n) is 4.26. The second-order valence-corrected chi connectivity index (χ2v) is 10.2. The SMILES string of the molecule is CCN(C1CC(C)(C)NC(C)(C)C1)P1OCC(C)(C)CO1. The van der Waals surface area contributed by atoms with Crippen LogP contribution in [-0.4, -0.2) is 41.5 Å². The Hall–Kier alpha value is 0.270. The van der Waals surface area contributed by atoms with Crippen LogP contribution < -0.4 is 5.32 Å². The predicted molar refractivity (Wildman–Crippen MR) is 89.3 cm³/mol. The Labute approximate surface area is 131 Å². The summed E-state index contributed by atoms with van der Waals surface area (Å²) in [5, 5.41) is 3.76. The fourth-order valence-electron chi connectivity index (χ4n) is 3.67. The Bertz CT molecular complexity index is 345. The minimum Gasteiger partial charge on any atom is -0.321 e. The van der Waals surface area contributed by atoms with Gasteiger partial charge in [-0.05, 0) is 40.5 Å². The second-order valence-electron chi connectivity index (χ2n) is 8.66. The van der Waals surface area contributed by atoms with Crippen LogP contribution in [0.5, 0.6) is 0 Å². The largest absolute Gasteiger partial charge is 0.321 e. The van der Waals surface area contributed by atoms with E-state index in [0.717, 1.165) is 32.6 Å². The molecule has 124 valence electrons. The van der Waals surface area contributed by atoms with Crippen LogP contribution in [-0.2, 0) is 9.05 Å². The Balaban J connectivity index is 2.07. The van der Waals surface area contributed by atoms with Crippen molar-refractivity contribution in [3.8, 4) is 0 Å². The van der Waals surface area contributed by atoms with Crippen molar-refractivity contribution in [2.45, 2.75) is 78.4 Å². The van der Waals surface area contributed by atoms with E-state index >= 15 is 0 Å². The highest BCUT2D eigenvalue weighted by Crippen LogP contribution is 2.52. The monoisotopic (exact) mass is 316 g/mol. The van der Waals surface area contributed by atoms with Gasteiger partial charge in [0.1, 0.15) is 0 Å². The molecule has 0 spiro atoms. The lowest BCUT2D eigenvalue weighted by Gasteiger charge is -2.51. The van der Waals surface area contributed by atoms with E-state index in [9.17, 15) is 0 Å². The number of nitrogens with one attached hydrogen (secondary N) is 1. The Morgan fingerprint density at radius 1 is 1.00 bits per heavy atom. The van der Waals surface area contributed by atoms with Crippen LogP contribution in [0.4, 0.5) is 0 Å². The molecule has 2 aliphatic rings. The number of piperidine rings is 1. The fraction of sp³-hybridized carbons (Fsp3) is 1.00. The minimum atomic E-state index is -0.894. The molecule has 2 saturated heterocycles. The smallest absolute Gasteiger partial charge is 0.259 e. The quantitative estimate of drug-likeness (QED) is 0.800. The van der Waals surface area contributed by atoms with E-state index in [1.807, 2.05) is 0 Å². The van der Waals surface area contributed by atoms with Gasteiger partial charge in [-0.1, -0.05) is 20.8 Å². The maximum Gasteiger partial charge on any atom is 0.259 e. The van der Waals surface area contributed by atoms with E-state index in [4.69, 9.17) is 9.05 Å². The maximum absolute atomic E-state index is 6.08. The fourth-order valence-corrected chi connectivity index (χ4v) is 5.63. The Morgan fingerprint density at radius 2 is 1.48 bits per heavy atom. The van der Waals surface area contributed by atoms with Crippen molar-refractivity contribution in [3.63, 3.8) is 0 Å². The average Bonchev–Trinajstić information content (AvgIpc) is 2.28. The van der Waals surface area contributed by atoms with E-state index in [0.29, 0.717) is 6.04 Å². The summed E-state index contributed by atoms with van der Waals surface area (Å²) in [6.07, 6.45) is 2.28. The third-order valence-corrected chi connectivity index (χ3v) is 5.98. The van der Waals surface area contributed by atoms with Crippen LogP contribution in [0, 0.1) is 5.41 Å². The van der Waals surface area contributed by atoms with Gasteiger partial charge in [-0.2, -0.15) is 0 Å². The van der Waals surface area contributed by atoms with E-state index in [2.05, 4.69) is 58.5 Å². The van der Waals surface area contributed by atoms with Crippen molar-refractivity contribution in [1.82, 2.24) is 9.99 Å². The highest BCUT2D eigenvalue weighted by Gasteiger charge is 2.43. The summed E-state index contributed by atoms with van der Waals surface area (Å²) in [5.41, 5.74) is 0.458. The van der Waals surface area contributed by atoms with E-state index in [1.165, 1.54) is 0 Å². The van der Waals surface area contributed by atoms with Crippen molar-refractivity contribution >= 4 is 8.53 Å². The van der Waals surface area contributed by atoms with Gasteiger partial charge < -0.3 is 14.4 Å². The minimum absolute atomic E-state index is 0.144. The summed E-state index contributed by atoms with van der Waals surface area (Å²) in [6, 6.07) is 0.522. The van der Waals surface area contributed by atoms with Gasteiger partial charge in [-0.3, -0.25) is 0 Å². The number of hydrogen-bond acceptors (Lipinski definition) is 4. The first kappa shape index (κ1) is 17.6. The summed E-state index contributed by atoms with van der Waals surface area (Å²) in [6.45, 7) is 18.4. The molecule has 4 nitrogen and oxygen atoms in total. The second kappa shape index (κ2) is 6.05. The molecule has 0 aromatic heterocycles. The molecular weight excluding hydrogens is 283 g/mol. The van der Waals surface area contributed by atoms with Gasteiger partial charge in [0, 0.05) is 29.1 Å². The summed E-state index contributed by atoms with van der Waals surface area (Å²) < 4.78 is 14.6. The van der Waals surface area contributed by atoms with E-state index in [-0.39, 0.29) is 16.5 Å². The molecular formula is C16H33N2O2P. The lowest BCUT2D eigenvalue weighted by atomic mass is 9.79. The highest BCUT2D eigenvalue weighted by molar-refractivity contribution is 7.44. The standard InChI is InChI=1S/C16H33N2O2P/c1-8-18(21-19-11-14(2,3)12-20-21)13-9-15(4,5)17-16(6,7)10-13/h13,17H,8-12H2,1-7H3. The molecule has 0 amide bonds.